The molecular weight excluding hydrogens is 408 g/mol. The van der Waals surface area contributed by atoms with Crippen molar-refractivity contribution < 1.29 is 19.1 Å². The molecule has 1 atom stereocenters. The number of morpholine rings is 1. The maximum Gasteiger partial charge on any atom is 0.324 e. The third-order valence-electron chi connectivity index (χ3n) is 5.74. The van der Waals surface area contributed by atoms with Gasteiger partial charge in [0.2, 0.25) is 11.8 Å². The molecule has 1 aromatic carbocycles. The Bertz CT molecular complexity index is 979. The molecule has 2 aromatic rings. The molecule has 8 nitrogen and oxygen atoms in total. The highest BCUT2D eigenvalue weighted by Crippen LogP contribution is 2.24. The summed E-state index contributed by atoms with van der Waals surface area (Å²) >= 11 is 0. The summed E-state index contributed by atoms with van der Waals surface area (Å²) in [4.78, 5) is 44.1. The zero-order valence-corrected chi connectivity index (χ0v) is 18.3. The molecule has 2 saturated heterocycles. The van der Waals surface area contributed by atoms with Crippen LogP contribution in [0.5, 0.6) is 0 Å². The second-order valence-electron chi connectivity index (χ2n) is 8.18. The average Bonchev–Trinajstić information content (AvgIpc) is 2.79. The summed E-state index contributed by atoms with van der Waals surface area (Å²) in [5.41, 5.74) is 4.11. The van der Waals surface area contributed by atoms with Crippen LogP contribution in [0.2, 0.25) is 0 Å². The first-order chi connectivity index (χ1) is 15.5. The molecule has 0 unspecified atom stereocenters. The van der Waals surface area contributed by atoms with Gasteiger partial charge in [0.25, 0.3) is 0 Å². The predicted octanol–water partition coefficient (Wildman–Crippen LogP) is 2.21. The molecule has 8 heteroatoms. The molecule has 4 amide bonds. The molecular formula is C24H28N4O4. The number of rotatable bonds is 6. The van der Waals surface area contributed by atoms with Gasteiger partial charge in [-0.1, -0.05) is 30.3 Å². The van der Waals surface area contributed by atoms with E-state index in [2.05, 4.69) is 34.6 Å². The Kier molecular flexibility index (Phi) is 6.80. The fourth-order valence-corrected chi connectivity index (χ4v) is 4.13. The number of aryl methyl sites for hydroxylation is 1. The monoisotopic (exact) mass is 436 g/mol. The van der Waals surface area contributed by atoms with Gasteiger partial charge < -0.3 is 15.0 Å². The van der Waals surface area contributed by atoms with Crippen molar-refractivity contribution in [1.29, 1.82) is 0 Å². The lowest BCUT2D eigenvalue weighted by Gasteiger charge is -2.33. The van der Waals surface area contributed by atoms with E-state index in [1.54, 1.807) is 4.90 Å². The number of urea groups is 1. The van der Waals surface area contributed by atoms with E-state index in [0.29, 0.717) is 26.2 Å². The van der Waals surface area contributed by atoms with Crippen LogP contribution in [0.15, 0.2) is 42.5 Å². The molecule has 4 rings (SSSR count). The number of pyridine rings is 1. The summed E-state index contributed by atoms with van der Waals surface area (Å²) in [6.45, 7) is 3.71. The maximum absolute atomic E-state index is 12.8. The quantitative estimate of drug-likeness (QED) is 0.750. The van der Waals surface area contributed by atoms with Crippen molar-refractivity contribution in [1.82, 2.24) is 20.1 Å². The highest BCUT2D eigenvalue weighted by atomic mass is 16.5. The van der Waals surface area contributed by atoms with Gasteiger partial charge in [-0.3, -0.25) is 19.5 Å². The van der Waals surface area contributed by atoms with E-state index in [-0.39, 0.29) is 37.3 Å². The zero-order valence-electron chi connectivity index (χ0n) is 18.3. The van der Waals surface area contributed by atoms with E-state index in [1.807, 2.05) is 25.1 Å². The molecule has 168 valence electrons. The number of carbonyl (C=O) groups is 3. The van der Waals surface area contributed by atoms with Crippen LogP contribution in [0.25, 0.3) is 0 Å². The van der Waals surface area contributed by atoms with Crippen LogP contribution in [-0.4, -0.2) is 65.4 Å². The van der Waals surface area contributed by atoms with E-state index in [9.17, 15) is 14.4 Å². The second-order valence-corrected chi connectivity index (χ2v) is 8.18. The Morgan fingerprint density at radius 3 is 2.78 bits per heavy atom. The molecule has 2 aliphatic rings. The highest BCUT2D eigenvalue weighted by Gasteiger charge is 2.29. The van der Waals surface area contributed by atoms with Gasteiger partial charge in [0.05, 0.1) is 18.8 Å². The third-order valence-corrected chi connectivity index (χ3v) is 5.74. The van der Waals surface area contributed by atoms with Crippen molar-refractivity contribution in [3.8, 4) is 0 Å². The first-order valence-corrected chi connectivity index (χ1v) is 11.0. The number of hydrogen-bond acceptors (Lipinski definition) is 5. The smallest absolute Gasteiger partial charge is 0.324 e. The summed E-state index contributed by atoms with van der Waals surface area (Å²) in [5.74, 6) is -0.335. The van der Waals surface area contributed by atoms with Crippen LogP contribution in [-0.2, 0) is 20.7 Å². The third kappa shape index (κ3) is 5.31. The van der Waals surface area contributed by atoms with E-state index in [0.717, 1.165) is 28.3 Å². The van der Waals surface area contributed by atoms with Gasteiger partial charge in [-0.05, 0) is 36.6 Å². The Morgan fingerprint density at radius 2 is 2.00 bits per heavy atom. The number of amides is 4. The van der Waals surface area contributed by atoms with Gasteiger partial charge in [-0.25, -0.2) is 4.79 Å². The van der Waals surface area contributed by atoms with Gasteiger partial charge in [0, 0.05) is 38.2 Å². The van der Waals surface area contributed by atoms with Gasteiger partial charge in [0.1, 0.15) is 6.10 Å². The summed E-state index contributed by atoms with van der Waals surface area (Å²) < 4.78 is 5.95. The van der Waals surface area contributed by atoms with Crippen LogP contribution in [0, 0.1) is 6.92 Å². The van der Waals surface area contributed by atoms with Gasteiger partial charge in [0.15, 0.2) is 0 Å². The van der Waals surface area contributed by atoms with Crippen molar-refractivity contribution in [3.63, 3.8) is 0 Å². The van der Waals surface area contributed by atoms with E-state index in [1.165, 1.54) is 5.56 Å². The number of nitrogens with one attached hydrogen (secondary N) is 1. The van der Waals surface area contributed by atoms with Crippen LogP contribution in [0.4, 0.5) is 4.79 Å². The van der Waals surface area contributed by atoms with E-state index < -0.39 is 6.03 Å². The van der Waals surface area contributed by atoms with Crippen molar-refractivity contribution in [2.24, 2.45) is 0 Å². The van der Waals surface area contributed by atoms with E-state index >= 15 is 0 Å². The largest absolute Gasteiger partial charge is 0.368 e. The highest BCUT2D eigenvalue weighted by molar-refractivity contribution is 5.97. The molecule has 32 heavy (non-hydrogen) atoms. The molecule has 0 aliphatic carbocycles. The number of carbonyl (C=O) groups excluding carboxylic acids is 3. The first kappa shape index (κ1) is 22.0. The van der Waals surface area contributed by atoms with Gasteiger partial charge in [-0.2, -0.15) is 0 Å². The van der Waals surface area contributed by atoms with Crippen LogP contribution < -0.4 is 5.32 Å². The lowest BCUT2D eigenvalue weighted by molar-refractivity contribution is -0.140. The fraction of sp³-hybridized carbons (Fsp3) is 0.417. The fourth-order valence-electron chi connectivity index (χ4n) is 4.13. The lowest BCUT2D eigenvalue weighted by atomic mass is 10.0. The number of ether oxygens (including phenoxy) is 1. The Hall–Kier alpha value is -3.26. The summed E-state index contributed by atoms with van der Waals surface area (Å²) in [7, 11) is 0. The molecule has 0 bridgehead atoms. The Balaban J connectivity index is 1.39. The summed E-state index contributed by atoms with van der Waals surface area (Å²) in [6.07, 6.45) is 0.872. The minimum atomic E-state index is -0.427. The predicted molar refractivity (Wildman–Crippen MR) is 118 cm³/mol. The number of aromatic nitrogens is 1. The molecule has 0 saturated carbocycles. The molecule has 0 spiro atoms. The standard InChI is InChI=1S/C24H28N4O4/c1-17-13-19(14-18-5-3-2-4-6-18)15-20(26-17)21-16-27(11-12-32-21)22(29)8-10-28-23(30)7-9-25-24(28)31/h2-6,13,15,21H,7-12,14,16H2,1H3,(H,25,31)/t21-/m1/s1. The van der Waals surface area contributed by atoms with Crippen molar-refractivity contribution in [2.45, 2.75) is 32.3 Å². The maximum atomic E-state index is 12.8. The summed E-state index contributed by atoms with van der Waals surface area (Å²) in [5, 5.41) is 2.64. The van der Waals surface area contributed by atoms with Crippen molar-refractivity contribution >= 4 is 17.8 Å². The number of hydrogen-bond donors (Lipinski definition) is 1. The molecule has 2 aliphatic heterocycles. The molecule has 1 N–H and O–H groups in total. The zero-order chi connectivity index (χ0) is 22.5. The molecule has 2 fully saturated rings. The summed E-state index contributed by atoms with van der Waals surface area (Å²) in [6, 6.07) is 13.9. The Morgan fingerprint density at radius 1 is 1.19 bits per heavy atom. The Labute approximate surface area is 187 Å². The first-order valence-electron chi connectivity index (χ1n) is 11.0. The molecule has 3 heterocycles. The van der Waals surface area contributed by atoms with Crippen molar-refractivity contribution in [3.05, 3.63) is 65.0 Å². The normalized spacial score (nSPS) is 19.1. The topological polar surface area (TPSA) is 91.8 Å². The molecule has 1 aromatic heterocycles. The van der Waals surface area contributed by atoms with Gasteiger partial charge >= 0.3 is 6.03 Å². The van der Waals surface area contributed by atoms with E-state index in [4.69, 9.17) is 4.74 Å². The SMILES string of the molecule is Cc1cc(Cc2ccccc2)cc([C@H]2CN(C(=O)CCN3C(=O)CCNC3=O)CCO2)n1. The van der Waals surface area contributed by atoms with Crippen molar-refractivity contribution in [2.75, 3.05) is 32.8 Å². The van der Waals surface area contributed by atoms with Crippen LogP contribution in [0.3, 0.4) is 0 Å². The minimum absolute atomic E-state index is 0.0927. The number of imide groups is 1. The van der Waals surface area contributed by atoms with Crippen LogP contribution >= 0.6 is 0 Å². The average molecular weight is 437 g/mol. The second kappa shape index (κ2) is 9.91. The minimum Gasteiger partial charge on any atom is -0.368 e. The van der Waals surface area contributed by atoms with Gasteiger partial charge in [-0.15, -0.1) is 0 Å². The number of benzene rings is 1. The lowest BCUT2D eigenvalue weighted by Crippen LogP contribution is -2.51. The number of nitrogens with zero attached hydrogens (tertiary/aromatic N) is 3. The van der Waals surface area contributed by atoms with Crippen LogP contribution in [0.1, 0.15) is 41.5 Å². The molecule has 0 radical (unpaired) electrons.